The molecule has 3 amide bonds. The molecule has 2 aliphatic rings. The predicted molar refractivity (Wildman–Crippen MR) is 140 cm³/mol. The SMILES string of the molecule is [2H]C([2H])([2H])NC(=O)c1nnc(NC(=O)C2CC2)cc1Nc1cccc(-c2cc(C(=O)N3CCCC3)n(C)n2)c1OC. The van der Waals surface area contributed by atoms with Crippen LogP contribution in [0.25, 0.3) is 11.3 Å². The van der Waals surface area contributed by atoms with Crippen molar-refractivity contribution < 1.29 is 23.2 Å². The molecule has 2 aromatic heterocycles. The van der Waals surface area contributed by atoms with E-state index in [1.54, 1.807) is 36.2 Å². The first-order valence-corrected chi connectivity index (χ1v) is 12.3. The van der Waals surface area contributed by atoms with E-state index in [1.807, 2.05) is 5.32 Å². The van der Waals surface area contributed by atoms with Crippen molar-refractivity contribution in [3.63, 3.8) is 0 Å². The summed E-state index contributed by atoms with van der Waals surface area (Å²) in [6.07, 6.45) is 3.51. The molecule has 12 heteroatoms. The van der Waals surface area contributed by atoms with Crippen LogP contribution in [0.3, 0.4) is 0 Å². The molecule has 1 aliphatic heterocycles. The lowest BCUT2D eigenvalue weighted by atomic mass is 10.1. The Bertz CT molecular complexity index is 1500. The average molecular weight is 522 g/mol. The number of nitrogens with zero attached hydrogens (tertiary/aromatic N) is 5. The number of para-hydroxylation sites is 1. The molecule has 3 N–H and O–H groups in total. The first-order chi connectivity index (χ1) is 19.5. The third-order valence-electron chi connectivity index (χ3n) is 6.58. The molecule has 0 bridgehead atoms. The van der Waals surface area contributed by atoms with Crippen LogP contribution in [0.5, 0.6) is 5.75 Å². The van der Waals surface area contributed by atoms with E-state index in [0.29, 0.717) is 41.5 Å². The Kier molecular flexibility index (Phi) is 5.96. The van der Waals surface area contributed by atoms with Gasteiger partial charge in [0.25, 0.3) is 11.8 Å². The molecule has 1 saturated heterocycles. The summed E-state index contributed by atoms with van der Waals surface area (Å²) < 4.78 is 29.5. The fourth-order valence-electron chi connectivity index (χ4n) is 4.43. The van der Waals surface area contributed by atoms with Crippen molar-refractivity contribution in [3.8, 4) is 17.0 Å². The molecule has 3 heterocycles. The minimum atomic E-state index is -2.75. The van der Waals surface area contributed by atoms with Gasteiger partial charge in [-0.3, -0.25) is 19.1 Å². The van der Waals surface area contributed by atoms with Crippen molar-refractivity contribution in [2.75, 3.05) is 37.8 Å². The van der Waals surface area contributed by atoms with Crippen LogP contribution in [0.15, 0.2) is 30.3 Å². The predicted octanol–water partition coefficient (Wildman–Crippen LogP) is 2.57. The number of aromatic nitrogens is 4. The number of anilines is 3. The molecule has 198 valence electrons. The molecular formula is C26H30N8O4. The van der Waals surface area contributed by atoms with Crippen molar-refractivity contribution in [1.29, 1.82) is 0 Å². The van der Waals surface area contributed by atoms with Gasteiger partial charge in [0.05, 0.1) is 24.2 Å². The van der Waals surface area contributed by atoms with Gasteiger partial charge in [-0.2, -0.15) is 5.10 Å². The number of likely N-dealkylation sites (tertiary alicyclic amines) is 1. The van der Waals surface area contributed by atoms with Gasteiger partial charge in [-0.1, -0.05) is 6.07 Å². The lowest BCUT2D eigenvalue weighted by molar-refractivity contribution is -0.117. The number of hydrogen-bond donors (Lipinski definition) is 3. The van der Waals surface area contributed by atoms with Gasteiger partial charge in [0.15, 0.2) is 17.3 Å². The van der Waals surface area contributed by atoms with Crippen LogP contribution in [0.4, 0.5) is 17.2 Å². The maximum Gasteiger partial charge on any atom is 0.273 e. The van der Waals surface area contributed by atoms with E-state index in [9.17, 15) is 14.4 Å². The molecular weight excluding hydrogens is 488 g/mol. The molecule has 3 aromatic rings. The number of carbonyl (C=O) groups is 3. The van der Waals surface area contributed by atoms with Crippen molar-refractivity contribution in [2.45, 2.75) is 25.7 Å². The first kappa shape index (κ1) is 21.6. The second kappa shape index (κ2) is 10.5. The summed E-state index contributed by atoms with van der Waals surface area (Å²) >= 11 is 0. The minimum absolute atomic E-state index is 0.0919. The molecule has 0 atom stereocenters. The monoisotopic (exact) mass is 521 g/mol. The fourth-order valence-corrected chi connectivity index (χ4v) is 4.43. The van der Waals surface area contributed by atoms with E-state index in [4.69, 9.17) is 8.85 Å². The topological polar surface area (TPSA) is 143 Å². The molecule has 38 heavy (non-hydrogen) atoms. The Balaban J connectivity index is 1.49. The Hall–Kier alpha value is -4.48. The van der Waals surface area contributed by atoms with Crippen LogP contribution in [-0.4, -0.2) is 69.8 Å². The van der Waals surface area contributed by atoms with E-state index >= 15 is 0 Å². The van der Waals surface area contributed by atoms with Crippen LogP contribution in [0.2, 0.25) is 0 Å². The van der Waals surface area contributed by atoms with Crippen LogP contribution in [-0.2, 0) is 11.8 Å². The van der Waals surface area contributed by atoms with E-state index in [0.717, 1.165) is 25.7 Å². The molecule has 12 nitrogen and oxygen atoms in total. The molecule has 0 radical (unpaired) electrons. The molecule has 1 aromatic carbocycles. The highest BCUT2D eigenvalue weighted by atomic mass is 16.5. The molecule has 1 saturated carbocycles. The van der Waals surface area contributed by atoms with E-state index in [-0.39, 0.29) is 34.9 Å². The Morgan fingerprint density at radius 1 is 1.11 bits per heavy atom. The minimum Gasteiger partial charge on any atom is -0.494 e. The van der Waals surface area contributed by atoms with Gasteiger partial charge >= 0.3 is 0 Å². The summed E-state index contributed by atoms with van der Waals surface area (Å²) in [5.74, 6) is -0.924. The zero-order chi connectivity index (χ0) is 29.3. The van der Waals surface area contributed by atoms with Crippen LogP contribution < -0.4 is 20.7 Å². The van der Waals surface area contributed by atoms with Crippen LogP contribution in [0, 0.1) is 5.92 Å². The zero-order valence-electron chi connectivity index (χ0n) is 24.1. The van der Waals surface area contributed by atoms with Gasteiger partial charge < -0.3 is 25.6 Å². The number of carbonyl (C=O) groups excluding carboxylic acids is 3. The number of rotatable bonds is 8. The zero-order valence-corrected chi connectivity index (χ0v) is 21.1. The molecule has 5 rings (SSSR count). The van der Waals surface area contributed by atoms with Crippen molar-refractivity contribution >= 4 is 34.9 Å². The molecule has 0 unspecified atom stereocenters. The largest absolute Gasteiger partial charge is 0.494 e. The summed E-state index contributed by atoms with van der Waals surface area (Å²) in [7, 11) is 3.18. The maximum atomic E-state index is 13.0. The smallest absolute Gasteiger partial charge is 0.273 e. The van der Waals surface area contributed by atoms with Gasteiger partial charge in [-0.15, -0.1) is 10.2 Å². The number of methoxy groups -OCH3 is 1. The number of amides is 3. The van der Waals surface area contributed by atoms with E-state index in [1.165, 1.54) is 17.9 Å². The molecule has 0 spiro atoms. The number of aryl methyl sites for hydroxylation is 1. The highest BCUT2D eigenvalue weighted by molar-refractivity contribution is 6.00. The van der Waals surface area contributed by atoms with E-state index < -0.39 is 12.9 Å². The number of nitrogens with one attached hydrogen (secondary N) is 3. The third kappa shape index (κ3) is 5.01. The summed E-state index contributed by atoms with van der Waals surface area (Å²) in [4.78, 5) is 39.9. The van der Waals surface area contributed by atoms with Gasteiger partial charge in [0.1, 0.15) is 5.69 Å². The highest BCUT2D eigenvalue weighted by Crippen LogP contribution is 2.38. The highest BCUT2D eigenvalue weighted by Gasteiger charge is 2.30. The molecule has 1 aliphatic carbocycles. The lowest BCUT2D eigenvalue weighted by Gasteiger charge is -2.16. The number of ether oxygens (including phenoxy) is 1. The Morgan fingerprint density at radius 2 is 1.89 bits per heavy atom. The van der Waals surface area contributed by atoms with Crippen molar-refractivity contribution in [2.24, 2.45) is 13.0 Å². The second-order valence-electron chi connectivity index (χ2n) is 9.26. The van der Waals surface area contributed by atoms with Gasteiger partial charge in [0, 0.05) is 48.8 Å². The van der Waals surface area contributed by atoms with Gasteiger partial charge in [-0.05, 0) is 43.9 Å². The standard InChI is InChI=1S/C26H30N8O4/c1-27-25(36)22-19(14-21(30-31-22)29-24(35)15-9-10-15)28-17-8-6-7-16(23(17)38-3)18-13-20(33(2)32-18)26(37)34-11-4-5-12-34/h6-8,13-15H,4-5,9-12H2,1-3H3,(H,27,36)(H2,28,29,30,35)/i1D3. The third-order valence-corrected chi connectivity index (χ3v) is 6.58. The average Bonchev–Trinajstić information content (AvgIpc) is 3.49. The fraction of sp³-hybridized carbons (Fsp3) is 0.385. The summed E-state index contributed by atoms with van der Waals surface area (Å²) in [6.45, 7) is -1.33. The normalized spacial score (nSPS) is 16.3. The Morgan fingerprint density at radius 3 is 2.61 bits per heavy atom. The summed E-state index contributed by atoms with van der Waals surface area (Å²) in [5.41, 5.74) is 1.72. The van der Waals surface area contributed by atoms with E-state index in [2.05, 4.69) is 25.9 Å². The Labute approximate surface area is 224 Å². The van der Waals surface area contributed by atoms with Gasteiger partial charge in [0.2, 0.25) is 5.91 Å². The lowest BCUT2D eigenvalue weighted by Crippen LogP contribution is -2.29. The van der Waals surface area contributed by atoms with Gasteiger partial charge in [-0.25, -0.2) is 0 Å². The second-order valence-corrected chi connectivity index (χ2v) is 9.26. The first-order valence-electron chi connectivity index (χ1n) is 13.8. The summed E-state index contributed by atoms with van der Waals surface area (Å²) in [5, 5.41) is 20.0. The van der Waals surface area contributed by atoms with Crippen molar-refractivity contribution in [1.82, 2.24) is 30.2 Å². The maximum absolute atomic E-state index is 13.0. The van der Waals surface area contributed by atoms with Crippen molar-refractivity contribution in [3.05, 3.63) is 41.7 Å². The number of benzene rings is 1. The van der Waals surface area contributed by atoms with Crippen LogP contribution >= 0.6 is 0 Å². The number of hydrogen-bond acceptors (Lipinski definition) is 8. The molecule has 2 fully saturated rings. The van der Waals surface area contributed by atoms with Crippen LogP contribution in [0.1, 0.15) is 50.8 Å². The quantitative estimate of drug-likeness (QED) is 0.410. The summed E-state index contributed by atoms with van der Waals surface area (Å²) in [6, 6.07) is 8.32.